The second kappa shape index (κ2) is 5.61. The first-order valence-corrected chi connectivity index (χ1v) is 9.52. The molecule has 1 aromatic rings. The van der Waals surface area contributed by atoms with E-state index in [1.54, 1.807) is 6.07 Å². The lowest BCUT2D eigenvalue weighted by atomic mass is 9.89. The lowest BCUT2D eigenvalue weighted by molar-refractivity contribution is 0.348. The molecule has 1 heterocycles. The number of rotatable bonds is 5. The minimum absolute atomic E-state index is 0.110. The standard InChI is InChI=1S/C12H18BrNO2S2/c1-10-4-5-11(17-10)18(15,16)14-9-12(8-13)6-2-3-7-12/h4-5,14H,2-3,6-9H2,1H3. The highest BCUT2D eigenvalue weighted by atomic mass is 79.9. The van der Waals surface area contributed by atoms with Crippen molar-refractivity contribution < 1.29 is 8.42 Å². The Morgan fingerprint density at radius 1 is 1.39 bits per heavy atom. The van der Waals surface area contributed by atoms with Crippen LogP contribution in [0, 0.1) is 12.3 Å². The summed E-state index contributed by atoms with van der Waals surface area (Å²) in [5.41, 5.74) is 0.110. The van der Waals surface area contributed by atoms with Crippen LogP contribution in [0.3, 0.4) is 0 Å². The maximum absolute atomic E-state index is 12.1. The van der Waals surface area contributed by atoms with E-state index >= 15 is 0 Å². The van der Waals surface area contributed by atoms with Crippen molar-refractivity contribution >= 4 is 37.3 Å². The molecule has 2 rings (SSSR count). The van der Waals surface area contributed by atoms with Crippen LogP contribution in [0.5, 0.6) is 0 Å². The monoisotopic (exact) mass is 351 g/mol. The number of sulfonamides is 1. The highest BCUT2D eigenvalue weighted by Gasteiger charge is 2.34. The minimum Gasteiger partial charge on any atom is -0.210 e. The first-order chi connectivity index (χ1) is 8.47. The number of hydrogen-bond acceptors (Lipinski definition) is 3. The molecule has 1 aliphatic carbocycles. The Hall–Kier alpha value is 0.0900. The number of alkyl halides is 1. The molecule has 1 aliphatic rings. The van der Waals surface area contributed by atoms with E-state index in [0.29, 0.717) is 10.8 Å². The summed E-state index contributed by atoms with van der Waals surface area (Å²) in [4.78, 5) is 1.02. The highest BCUT2D eigenvalue weighted by Crippen LogP contribution is 2.39. The number of aryl methyl sites for hydroxylation is 1. The van der Waals surface area contributed by atoms with Gasteiger partial charge in [-0.25, -0.2) is 13.1 Å². The molecule has 1 fully saturated rings. The Morgan fingerprint density at radius 2 is 2.06 bits per heavy atom. The zero-order chi connectivity index (χ0) is 13.2. The molecular formula is C12H18BrNO2S2. The van der Waals surface area contributed by atoms with Crippen LogP contribution in [0.1, 0.15) is 30.6 Å². The summed E-state index contributed by atoms with van der Waals surface area (Å²) in [6.07, 6.45) is 4.60. The smallest absolute Gasteiger partial charge is 0.210 e. The predicted molar refractivity (Wildman–Crippen MR) is 78.9 cm³/mol. The van der Waals surface area contributed by atoms with Crippen molar-refractivity contribution in [1.82, 2.24) is 4.72 Å². The predicted octanol–water partition coefficient (Wildman–Crippen LogP) is 3.29. The molecule has 18 heavy (non-hydrogen) atoms. The van der Waals surface area contributed by atoms with Crippen LogP contribution in [-0.2, 0) is 10.0 Å². The fourth-order valence-electron chi connectivity index (χ4n) is 2.36. The van der Waals surface area contributed by atoms with Gasteiger partial charge in [-0.2, -0.15) is 0 Å². The summed E-state index contributed by atoms with van der Waals surface area (Å²) in [7, 11) is -3.33. The molecule has 0 bridgehead atoms. The van der Waals surface area contributed by atoms with Gasteiger partial charge in [0, 0.05) is 16.8 Å². The van der Waals surface area contributed by atoms with Crippen LogP contribution in [0.2, 0.25) is 0 Å². The SMILES string of the molecule is Cc1ccc(S(=O)(=O)NCC2(CBr)CCCC2)s1. The molecule has 1 aromatic heterocycles. The average molecular weight is 352 g/mol. The second-order valence-electron chi connectivity index (χ2n) is 5.03. The van der Waals surface area contributed by atoms with Crippen molar-refractivity contribution in [3.05, 3.63) is 17.0 Å². The van der Waals surface area contributed by atoms with Gasteiger partial charge in [-0.05, 0) is 37.3 Å². The largest absolute Gasteiger partial charge is 0.250 e. The lowest BCUT2D eigenvalue weighted by Gasteiger charge is -2.26. The Bertz CT molecular complexity index is 504. The summed E-state index contributed by atoms with van der Waals surface area (Å²) in [5.74, 6) is 0. The Kier molecular flexibility index (Phi) is 4.52. The number of nitrogens with one attached hydrogen (secondary N) is 1. The van der Waals surface area contributed by atoms with Gasteiger partial charge in [-0.15, -0.1) is 11.3 Å². The van der Waals surface area contributed by atoms with E-state index in [1.165, 1.54) is 24.2 Å². The van der Waals surface area contributed by atoms with Gasteiger partial charge in [-0.3, -0.25) is 0 Å². The zero-order valence-electron chi connectivity index (χ0n) is 10.4. The fourth-order valence-corrected chi connectivity index (χ4v) is 5.60. The zero-order valence-corrected chi connectivity index (χ0v) is 13.6. The molecule has 0 saturated heterocycles. The Labute approximate surface area is 121 Å². The summed E-state index contributed by atoms with van der Waals surface area (Å²) in [6.45, 7) is 2.46. The van der Waals surface area contributed by atoms with Gasteiger partial charge < -0.3 is 0 Å². The van der Waals surface area contributed by atoms with E-state index in [9.17, 15) is 8.42 Å². The third kappa shape index (κ3) is 3.15. The van der Waals surface area contributed by atoms with Crippen LogP contribution in [0.4, 0.5) is 0 Å². The summed E-state index contributed by atoms with van der Waals surface area (Å²) >= 11 is 4.85. The van der Waals surface area contributed by atoms with Gasteiger partial charge in [0.25, 0.3) is 0 Å². The quantitative estimate of drug-likeness (QED) is 0.827. The molecule has 3 nitrogen and oxygen atoms in total. The van der Waals surface area contributed by atoms with E-state index < -0.39 is 10.0 Å². The van der Waals surface area contributed by atoms with Crippen LogP contribution in [-0.4, -0.2) is 20.3 Å². The van der Waals surface area contributed by atoms with Gasteiger partial charge in [0.2, 0.25) is 10.0 Å². The van der Waals surface area contributed by atoms with E-state index in [-0.39, 0.29) is 5.41 Å². The van der Waals surface area contributed by atoms with Crippen molar-refractivity contribution in [3.63, 3.8) is 0 Å². The maximum Gasteiger partial charge on any atom is 0.250 e. The minimum atomic E-state index is -3.33. The fraction of sp³-hybridized carbons (Fsp3) is 0.667. The van der Waals surface area contributed by atoms with Crippen molar-refractivity contribution in [1.29, 1.82) is 0 Å². The van der Waals surface area contributed by atoms with E-state index in [4.69, 9.17) is 0 Å². The topological polar surface area (TPSA) is 46.2 Å². The number of hydrogen-bond donors (Lipinski definition) is 1. The summed E-state index contributed by atoms with van der Waals surface area (Å²) in [5, 5.41) is 0.867. The van der Waals surface area contributed by atoms with Gasteiger partial charge in [0.05, 0.1) is 0 Å². The van der Waals surface area contributed by atoms with Crippen molar-refractivity contribution in [2.75, 3.05) is 11.9 Å². The molecule has 102 valence electrons. The molecule has 0 unspecified atom stereocenters. The molecule has 0 aromatic carbocycles. The van der Waals surface area contributed by atoms with E-state index in [1.807, 2.05) is 13.0 Å². The Balaban J connectivity index is 2.05. The molecular weight excluding hydrogens is 334 g/mol. The molecule has 1 N–H and O–H groups in total. The first kappa shape index (κ1) is 14.5. The van der Waals surface area contributed by atoms with E-state index in [2.05, 4.69) is 20.7 Å². The normalized spacial score (nSPS) is 19.2. The number of halogens is 1. The van der Waals surface area contributed by atoms with Gasteiger partial charge in [0.15, 0.2) is 0 Å². The van der Waals surface area contributed by atoms with Crippen molar-refractivity contribution in [3.8, 4) is 0 Å². The van der Waals surface area contributed by atoms with Crippen LogP contribution in [0.25, 0.3) is 0 Å². The van der Waals surface area contributed by atoms with Crippen molar-refractivity contribution in [2.45, 2.75) is 36.8 Å². The van der Waals surface area contributed by atoms with Gasteiger partial charge in [-0.1, -0.05) is 28.8 Å². The lowest BCUT2D eigenvalue weighted by Crippen LogP contribution is -2.36. The molecule has 0 radical (unpaired) electrons. The molecule has 0 aliphatic heterocycles. The second-order valence-corrected chi connectivity index (χ2v) is 8.87. The molecule has 1 saturated carbocycles. The van der Waals surface area contributed by atoms with Gasteiger partial charge in [0.1, 0.15) is 4.21 Å². The number of thiophene rings is 1. The molecule has 0 amide bonds. The summed E-state index contributed by atoms with van der Waals surface area (Å²) in [6, 6.07) is 3.52. The van der Waals surface area contributed by atoms with Gasteiger partial charge >= 0.3 is 0 Å². The molecule has 0 atom stereocenters. The maximum atomic E-state index is 12.1. The van der Waals surface area contributed by atoms with Crippen LogP contribution < -0.4 is 4.72 Å². The summed E-state index contributed by atoms with van der Waals surface area (Å²) < 4.78 is 27.5. The first-order valence-electron chi connectivity index (χ1n) is 6.10. The third-order valence-corrected chi connectivity index (χ3v) is 7.65. The van der Waals surface area contributed by atoms with Crippen LogP contribution in [0.15, 0.2) is 16.3 Å². The third-order valence-electron chi connectivity index (χ3n) is 3.57. The van der Waals surface area contributed by atoms with Crippen molar-refractivity contribution in [2.24, 2.45) is 5.41 Å². The van der Waals surface area contributed by atoms with E-state index in [0.717, 1.165) is 23.0 Å². The Morgan fingerprint density at radius 3 is 2.56 bits per heavy atom. The van der Waals surface area contributed by atoms with Crippen LogP contribution >= 0.6 is 27.3 Å². The molecule has 0 spiro atoms. The highest BCUT2D eigenvalue weighted by molar-refractivity contribution is 9.09. The molecule has 6 heteroatoms. The average Bonchev–Trinajstić information content (AvgIpc) is 2.96.